The van der Waals surface area contributed by atoms with Crippen LogP contribution in [-0.4, -0.2) is 16.9 Å². The van der Waals surface area contributed by atoms with Crippen LogP contribution in [0.25, 0.3) is 0 Å². The molecule has 0 bridgehead atoms. The Morgan fingerprint density at radius 3 is 2.94 bits per heavy atom. The minimum atomic E-state index is -0.278. The SMILES string of the molecule is O=C(Nc1ccc(F)cc1I)C1CCCCS1. The lowest BCUT2D eigenvalue weighted by molar-refractivity contribution is -0.115. The van der Waals surface area contributed by atoms with Crippen molar-refractivity contribution < 1.29 is 9.18 Å². The summed E-state index contributed by atoms with van der Waals surface area (Å²) in [6, 6.07) is 4.40. The van der Waals surface area contributed by atoms with E-state index < -0.39 is 0 Å². The maximum absolute atomic E-state index is 12.9. The first kappa shape index (κ1) is 13.1. The number of benzene rings is 1. The molecule has 1 atom stereocenters. The molecule has 1 N–H and O–H groups in total. The first-order valence-electron chi connectivity index (χ1n) is 5.54. The molecule has 1 aliphatic rings. The maximum atomic E-state index is 12.9. The van der Waals surface area contributed by atoms with Crippen LogP contribution in [0.1, 0.15) is 19.3 Å². The Kier molecular flexibility index (Phi) is 4.67. The standard InChI is InChI=1S/C12H13FINOS/c13-8-4-5-10(9(14)7-8)15-12(16)11-3-1-2-6-17-11/h4-5,7,11H,1-3,6H2,(H,15,16). The lowest BCUT2D eigenvalue weighted by Crippen LogP contribution is -2.27. The van der Waals surface area contributed by atoms with Gasteiger partial charge in [-0.1, -0.05) is 6.42 Å². The highest BCUT2D eigenvalue weighted by Crippen LogP contribution is 2.27. The second-order valence-electron chi connectivity index (χ2n) is 3.97. The van der Waals surface area contributed by atoms with Crippen molar-refractivity contribution in [1.29, 1.82) is 0 Å². The summed E-state index contributed by atoms with van der Waals surface area (Å²) < 4.78 is 13.7. The fourth-order valence-electron chi connectivity index (χ4n) is 1.75. The normalized spacial score (nSPS) is 20.0. The minimum absolute atomic E-state index is 0.0409. The Bertz CT molecular complexity index is 421. The maximum Gasteiger partial charge on any atom is 0.237 e. The smallest absolute Gasteiger partial charge is 0.237 e. The molecule has 17 heavy (non-hydrogen) atoms. The van der Waals surface area contributed by atoms with E-state index in [2.05, 4.69) is 5.32 Å². The van der Waals surface area contributed by atoms with Crippen molar-refractivity contribution in [2.75, 3.05) is 11.1 Å². The Balaban J connectivity index is 2.02. The fourth-order valence-corrected chi connectivity index (χ4v) is 3.56. The van der Waals surface area contributed by atoms with Crippen LogP contribution >= 0.6 is 34.4 Å². The Labute approximate surface area is 118 Å². The second-order valence-corrected chi connectivity index (χ2v) is 6.44. The number of thioether (sulfide) groups is 1. The molecule has 0 aliphatic carbocycles. The number of carbonyl (C=O) groups is 1. The van der Waals surface area contributed by atoms with Gasteiger partial charge >= 0.3 is 0 Å². The van der Waals surface area contributed by atoms with Gasteiger partial charge in [-0.25, -0.2) is 4.39 Å². The minimum Gasteiger partial charge on any atom is -0.324 e. The van der Waals surface area contributed by atoms with E-state index >= 15 is 0 Å². The molecule has 0 spiro atoms. The van der Waals surface area contributed by atoms with Gasteiger partial charge in [0.15, 0.2) is 0 Å². The number of nitrogens with one attached hydrogen (secondary N) is 1. The number of amides is 1. The number of halogens is 2. The summed E-state index contributed by atoms with van der Waals surface area (Å²) in [6.07, 6.45) is 3.25. The van der Waals surface area contributed by atoms with Crippen LogP contribution in [0.15, 0.2) is 18.2 Å². The molecule has 1 amide bonds. The molecule has 1 saturated heterocycles. The molecule has 1 heterocycles. The third kappa shape index (κ3) is 3.58. The number of hydrogen-bond acceptors (Lipinski definition) is 2. The van der Waals surface area contributed by atoms with Crippen molar-refractivity contribution in [2.24, 2.45) is 0 Å². The lowest BCUT2D eigenvalue weighted by Gasteiger charge is -2.20. The molecule has 1 aliphatic heterocycles. The van der Waals surface area contributed by atoms with Crippen LogP contribution in [-0.2, 0) is 4.79 Å². The van der Waals surface area contributed by atoms with E-state index in [1.54, 1.807) is 17.8 Å². The molecule has 1 fully saturated rings. The fraction of sp³-hybridized carbons (Fsp3) is 0.417. The number of carbonyl (C=O) groups excluding carboxylic acids is 1. The molecule has 5 heteroatoms. The molecule has 1 aromatic carbocycles. The summed E-state index contributed by atoms with van der Waals surface area (Å²) in [5.74, 6) is 0.817. The summed E-state index contributed by atoms with van der Waals surface area (Å²) in [7, 11) is 0. The number of hydrogen-bond donors (Lipinski definition) is 1. The van der Waals surface area contributed by atoms with Gasteiger partial charge in [-0.15, -0.1) is 11.8 Å². The van der Waals surface area contributed by atoms with Crippen LogP contribution in [0, 0.1) is 9.39 Å². The Morgan fingerprint density at radius 1 is 1.47 bits per heavy atom. The first-order valence-corrected chi connectivity index (χ1v) is 7.67. The van der Waals surface area contributed by atoms with Crippen molar-refractivity contribution in [3.63, 3.8) is 0 Å². The monoisotopic (exact) mass is 365 g/mol. The van der Waals surface area contributed by atoms with Gasteiger partial charge < -0.3 is 5.32 Å². The van der Waals surface area contributed by atoms with E-state index in [9.17, 15) is 9.18 Å². The second kappa shape index (κ2) is 6.04. The molecule has 92 valence electrons. The third-order valence-electron chi connectivity index (χ3n) is 2.66. The number of anilines is 1. The summed E-state index contributed by atoms with van der Waals surface area (Å²) in [5.41, 5.74) is 0.697. The zero-order valence-electron chi connectivity index (χ0n) is 9.21. The average molecular weight is 365 g/mol. The predicted molar refractivity (Wildman–Crippen MR) is 77.8 cm³/mol. The van der Waals surface area contributed by atoms with Gasteiger partial charge in [0.05, 0.1) is 10.9 Å². The quantitative estimate of drug-likeness (QED) is 0.811. The first-order chi connectivity index (χ1) is 8.16. The van der Waals surface area contributed by atoms with Gasteiger partial charge in [-0.05, 0) is 59.4 Å². The molecular weight excluding hydrogens is 352 g/mol. The molecular formula is C12H13FINOS. The van der Waals surface area contributed by atoms with Crippen molar-refractivity contribution in [1.82, 2.24) is 0 Å². The number of rotatable bonds is 2. The Hall–Kier alpha value is -0.300. The van der Waals surface area contributed by atoms with E-state index in [-0.39, 0.29) is 17.0 Å². The third-order valence-corrected chi connectivity index (χ3v) is 4.93. The highest BCUT2D eigenvalue weighted by Gasteiger charge is 2.22. The highest BCUT2D eigenvalue weighted by molar-refractivity contribution is 14.1. The van der Waals surface area contributed by atoms with Crippen molar-refractivity contribution >= 4 is 45.9 Å². The molecule has 0 radical (unpaired) electrons. The lowest BCUT2D eigenvalue weighted by atomic mass is 10.2. The molecule has 1 unspecified atom stereocenters. The van der Waals surface area contributed by atoms with E-state index in [4.69, 9.17) is 0 Å². The zero-order chi connectivity index (χ0) is 12.3. The topological polar surface area (TPSA) is 29.1 Å². The largest absolute Gasteiger partial charge is 0.324 e. The molecule has 2 nitrogen and oxygen atoms in total. The van der Waals surface area contributed by atoms with E-state index in [0.717, 1.165) is 22.2 Å². The van der Waals surface area contributed by atoms with Crippen LogP contribution in [0.4, 0.5) is 10.1 Å². The van der Waals surface area contributed by atoms with Crippen LogP contribution < -0.4 is 5.32 Å². The summed E-state index contributed by atoms with van der Waals surface area (Å²) in [6.45, 7) is 0. The highest BCUT2D eigenvalue weighted by atomic mass is 127. The van der Waals surface area contributed by atoms with Crippen LogP contribution in [0.2, 0.25) is 0 Å². The van der Waals surface area contributed by atoms with E-state index in [1.807, 2.05) is 22.6 Å². The van der Waals surface area contributed by atoms with E-state index in [0.29, 0.717) is 5.69 Å². The van der Waals surface area contributed by atoms with Gasteiger partial charge in [-0.2, -0.15) is 0 Å². The van der Waals surface area contributed by atoms with Crippen LogP contribution in [0.5, 0.6) is 0 Å². The average Bonchev–Trinajstić information content (AvgIpc) is 2.34. The molecule has 2 rings (SSSR count). The summed E-state index contributed by atoms with van der Waals surface area (Å²) >= 11 is 3.74. The van der Waals surface area contributed by atoms with Gasteiger partial charge in [0.2, 0.25) is 5.91 Å². The van der Waals surface area contributed by atoms with Gasteiger partial charge in [0, 0.05) is 3.57 Å². The van der Waals surface area contributed by atoms with Crippen molar-refractivity contribution in [2.45, 2.75) is 24.5 Å². The predicted octanol–water partition coefficient (Wildman–Crippen LogP) is 3.65. The van der Waals surface area contributed by atoms with Gasteiger partial charge in [0.25, 0.3) is 0 Å². The zero-order valence-corrected chi connectivity index (χ0v) is 12.2. The molecule has 0 aromatic heterocycles. The molecule has 0 saturated carbocycles. The summed E-state index contributed by atoms with van der Waals surface area (Å²) in [5, 5.41) is 2.92. The van der Waals surface area contributed by atoms with Crippen molar-refractivity contribution in [3.8, 4) is 0 Å². The van der Waals surface area contributed by atoms with Crippen molar-refractivity contribution in [3.05, 3.63) is 27.6 Å². The van der Waals surface area contributed by atoms with Gasteiger partial charge in [0.1, 0.15) is 5.82 Å². The van der Waals surface area contributed by atoms with Crippen LogP contribution in [0.3, 0.4) is 0 Å². The molecule has 1 aromatic rings. The van der Waals surface area contributed by atoms with Gasteiger partial charge in [-0.3, -0.25) is 4.79 Å². The van der Waals surface area contributed by atoms with E-state index in [1.165, 1.54) is 18.6 Å². The summed E-state index contributed by atoms with van der Waals surface area (Å²) in [4.78, 5) is 12.0. The Morgan fingerprint density at radius 2 is 2.29 bits per heavy atom.